The maximum Gasteiger partial charge on any atom is 0.422 e. The standard InChI is InChI=1S/C21H24F3N3O3/c1-14(9-15(2)28)16-3-5-17(6-4-16)30-18-7-8-27(11-18)19-10-20(26-13-25-19)29-12-21(22,23)24/h3-6,10,13-14,18H,7-9,11-12H2,1-2H3/t14-,18-/m1/s1. The smallest absolute Gasteiger partial charge is 0.422 e. The number of aromatic nitrogens is 2. The molecule has 0 saturated carbocycles. The molecule has 1 aliphatic heterocycles. The molecule has 2 aromatic rings. The highest BCUT2D eigenvalue weighted by Crippen LogP contribution is 2.26. The van der Waals surface area contributed by atoms with Crippen molar-refractivity contribution in [1.29, 1.82) is 0 Å². The van der Waals surface area contributed by atoms with E-state index in [4.69, 9.17) is 9.47 Å². The second-order valence-electron chi connectivity index (χ2n) is 7.47. The van der Waals surface area contributed by atoms with Gasteiger partial charge in [-0.25, -0.2) is 9.97 Å². The van der Waals surface area contributed by atoms with E-state index in [0.29, 0.717) is 25.3 Å². The first-order chi connectivity index (χ1) is 14.2. The van der Waals surface area contributed by atoms with E-state index >= 15 is 0 Å². The first-order valence-electron chi connectivity index (χ1n) is 9.72. The Labute approximate surface area is 173 Å². The van der Waals surface area contributed by atoms with Crippen LogP contribution in [0.3, 0.4) is 0 Å². The lowest BCUT2D eigenvalue weighted by atomic mass is 9.96. The summed E-state index contributed by atoms with van der Waals surface area (Å²) in [6, 6.07) is 9.11. The zero-order valence-electron chi connectivity index (χ0n) is 16.9. The van der Waals surface area contributed by atoms with Crippen molar-refractivity contribution in [2.75, 3.05) is 24.6 Å². The molecule has 162 valence electrons. The molecule has 0 aliphatic carbocycles. The van der Waals surface area contributed by atoms with E-state index < -0.39 is 12.8 Å². The molecule has 1 saturated heterocycles. The van der Waals surface area contributed by atoms with Crippen molar-refractivity contribution in [3.63, 3.8) is 0 Å². The highest BCUT2D eigenvalue weighted by Gasteiger charge is 2.29. The number of carbonyl (C=O) groups is 1. The molecule has 1 fully saturated rings. The van der Waals surface area contributed by atoms with E-state index in [1.807, 2.05) is 36.1 Å². The molecule has 0 bridgehead atoms. The third-order valence-electron chi connectivity index (χ3n) is 4.83. The monoisotopic (exact) mass is 423 g/mol. The summed E-state index contributed by atoms with van der Waals surface area (Å²) in [5, 5.41) is 0. The maximum absolute atomic E-state index is 12.3. The van der Waals surface area contributed by atoms with Crippen molar-refractivity contribution < 1.29 is 27.4 Å². The summed E-state index contributed by atoms with van der Waals surface area (Å²) >= 11 is 0. The number of ether oxygens (including phenoxy) is 2. The Morgan fingerprint density at radius 1 is 1.27 bits per heavy atom. The fourth-order valence-corrected chi connectivity index (χ4v) is 3.39. The van der Waals surface area contributed by atoms with Crippen LogP contribution in [0.5, 0.6) is 11.6 Å². The topological polar surface area (TPSA) is 64.5 Å². The molecule has 3 rings (SSSR count). The number of Topliss-reactive ketones (excluding diaryl/α,β-unsaturated/α-hetero) is 1. The summed E-state index contributed by atoms with van der Waals surface area (Å²) < 4.78 is 47.7. The third-order valence-corrected chi connectivity index (χ3v) is 4.83. The lowest BCUT2D eigenvalue weighted by molar-refractivity contribution is -0.154. The van der Waals surface area contributed by atoms with Crippen LogP contribution in [0, 0.1) is 0 Å². The summed E-state index contributed by atoms with van der Waals surface area (Å²) in [7, 11) is 0. The number of anilines is 1. The second kappa shape index (κ2) is 9.32. The van der Waals surface area contributed by atoms with Gasteiger partial charge in [-0.15, -0.1) is 0 Å². The molecule has 1 aliphatic rings. The molecule has 1 aromatic heterocycles. The number of hydrogen-bond acceptors (Lipinski definition) is 6. The molecular weight excluding hydrogens is 399 g/mol. The van der Waals surface area contributed by atoms with Crippen LogP contribution in [0.1, 0.15) is 38.2 Å². The van der Waals surface area contributed by atoms with Gasteiger partial charge in [0.15, 0.2) is 6.61 Å². The quantitative estimate of drug-likeness (QED) is 0.635. The minimum Gasteiger partial charge on any atom is -0.489 e. The van der Waals surface area contributed by atoms with Gasteiger partial charge in [0.05, 0.1) is 6.54 Å². The fraction of sp³-hybridized carbons (Fsp3) is 0.476. The molecule has 30 heavy (non-hydrogen) atoms. The molecule has 2 heterocycles. The third kappa shape index (κ3) is 6.33. The van der Waals surface area contributed by atoms with Gasteiger partial charge in [-0.3, -0.25) is 0 Å². The molecule has 6 nitrogen and oxygen atoms in total. The first-order valence-corrected chi connectivity index (χ1v) is 9.72. The molecule has 0 spiro atoms. The molecular formula is C21H24F3N3O3. The van der Waals surface area contributed by atoms with Crippen molar-refractivity contribution in [3.05, 3.63) is 42.2 Å². The normalized spacial score (nSPS) is 17.6. The average Bonchev–Trinajstić information content (AvgIpc) is 3.15. The van der Waals surface area contributed by atoms with Gasteiger partial charge in [0.2, 0.25) is 5.88 Å². The Morgan fingerprint density at radius 2 is 2.00 bits per heavy atom. The highest BCUT2D eigenvalue weighted by atomic mass is 19.4. The SMILES string of the molecule is CC(=O)C[C@@H](C)c1ccc(O[C@@H]2CCN(c3cc(OCC(F)(F)F)ncn3)C2)cc1. The summed E-state index contributed by atoms with van der Waals surface area (Å²) in [5.74, 6) is 1.44. The molecule has 0 radical (unpaired) electrons. The minimum absolute atomic E-state index is 0.0694. The van der Waals surface area contributed by atoms with E-state index in [1.54, 1.807) is 6.92 Å². The number of carbonyl (C=O) groups excluding carboxylic acids is 1. The molecule has 1 aromatic carbocycles. The Morgan fingerprint density at radius 3 is 2.67 bits per heavy atom. The molecule has 0 unspecified atom stereocenters. The number of hydrogen-bond donors (Lipinski definition) is 0. The number of nitrogens with zero attached hydrogens (tertiary/aromatic N) is 3. The number of alkyl halides is 3. The number of rotatable bonds is 8. The lowest BCUT2D eigenvalue weighted by Crippen LogP contribution is -2.25. The maximum atomic E-state index is 12.3. The zero-order valence-corrected chi connectivity index (χ0v) is 16.9. The Kier molecular flexibility index (Phi) is 6.79. The van der Waals surface area contributed by atoms with E-state index in [-0.39, 0.29) is 23.7 Å². The van der Waals surface area contributed by atoms with Gasteiger partial charge in [-0.2, -0.15) is 13.2 Å². The van der Waals surface area contributed by atoms with Crippen LogP contribution >= 0.6 is 0 Å². The summed E-state index contributed by atoms with van der Waals surface area (Å²) in [5.41, 5.74) is 1.08. The van der Waals surface area contributed by atoms with Crippen LogP contribution < -0.4 is 14.4 Å². The van der Waals surface area contributed by atoms with Gasteiger partial charge in [0.1, 0.15) is 29.8 Å². The Bertz CT molecular complexity index is 859. The van der Waals surface area contributed by atoms with Gasteiger partial charge >= 0.3 is 6.18 Å². The first kappa shape index (κ1) is 21.9. The summed E-state index contributed by atoms with van der Waals surface area (Å²) in [6.07, 6.45) is -2.04. The molecule has 0 N–H and O–H groups in total. The Balaban J connectivity index is 1.55. The van der Waals surface area contributed by atoms with Gasteiger partial charge < -0.3 is 19.2 Å². The van der Waals surface area contributed by atoms with Crippen molar-refractivity contribution >= 4 is 11.6 Å². The van der Waals surface area contributed by atoms with Crippen molar-refractivity contribution in [2.24, 2.45) is 0 Å². The summed E-state index contributed by atoms with van der Waals surface area (Å²) in [4.78, 5) is 21.1. The molecule has 2 atom stereocenters. The zero-order chi connectivity index (χ0) is 21.7. The highest BCUT2D eigenvalue weighted by molar-refractivity contribution is 5.76. The average molecular weight is 423 g/mol. The van der Waals surface area contributed by atoms with Crippen LogP contribution in [0.25, 0.3) is 0 Å². The van der Waals surface area contributed by atoms with Crippen LogP contribution in [0.15, 0.2) is 36.7 Å². The predicted octanol–water partition coefficient (Wildman–Crippen LogP) is 4.16. The predicted molar refractivity (Wildman–Crippen MR) is 105 cm³/mol. The fourth-order valence-electron chi connectivity index (χ4n) is 3.39. The van der Waals surface area contributed by atoms with Crippen LogP contribution in [-0.4, -0.2) is 47.7 Å². The lowest BCUT2D eigenvalue weighted by Gasteiger charge is -2.19. The van der Waals surface area contributed by atoms with Gasteiger partial charge in [0.25, 0.3) is 0 Å². The van der Waals surface area contributed by atoms with Crippen LogP contribution in [0.2, 0.25) is 0 Å². The van der Waals surface area contributed by atoms with E-state index in [0.717, 1.165) is 17.7 Å². The second-order valence-corrected chi connectivity index (χ2v) is 7.47. The van der Waals surface area contributed by atoms with Gasteiger partial charge in [-0.05, 0) is 30.5 Å². The number of ketones is 1. The van der Waals surface area contributed by atoms with Crippen LogP contribution in [-0.2, 0) is 4.79 Å². The molecule has 9 heteroatoms. The molecule has 0 amide bonds. The van der Waals surface area contributed by atoms with Crippen molar-refractivity contribution in [1.82, 2.24) is 9.97 Å². The summed E-state index contributed by atoms with van der Waals surface area (Å²) in [6.45, 7) is 3.42. The van der Waals surface area contributed by atoms with E-state index in [9.17, 15) is 18.0 Å². The minimum atomic E-state index is -4.42. The number of halogens is 3. The Hall–Kier alpha value is -2.84. The van der Waals surface area contributed by atoms with Crippen molar-refractivity contribution in [2.45, 2.75) is 44.9 Å². The van der Waals surface area contributed by atoms with E-state index in [1.165, 1.54) is 12.4 Å². The van der Waals surface area contributed by atoms with E-state index in [2.05, 4.69) is 9.97 Å². The largest absolute Gasteiger partial charge is 0.489 e. The number of benzene rings is 1. The van der Waals surface area contributed by atoms with Gasteiger partial charge in [0, 0.05) is 25.5 Å². The van der Waals surface area contributed by atoms with Crippen molar-refractivity contribution in [3.8, 4) is 11.6 Å². The van der Waals surface area contributed by atoms with Crippen LogP contribution in [0.4, 0.5) is 19.0 Å². The van der Waals surface area contributed by atoms with Gasteiger partial charge in [-0.1, -0.05) is 19.1 Å².